The fourth-order valence-electron chi connectivity index (χ4n) is 2.69. The Bertz CT molecular complexity index is 566. The molecule has 1 fully saturated rings. The molecule has 2 heterocycles. The molecule has 3 rings (SSSR count). The summed E-state index contributed by atoms with van der Waals surface area (Å²) in [6, 6.07) is 4.45. The monoisotopic (exact) mass is 260 g/mol. The minimum absolute atomic E-state index is 0.494. The van der Waals surface area contributed by atoms with Crippen molar-refractivity contribution < 1.29 is 0 Å². The fourth-order valence-corrected chi connectivity index (χ4v) is 2.97. The summed E-state index contributed by atoms with van der Waals surface area (Å²) >= 11 is 5.38. The number of nitrogens with one attached hydrogen (secondary N) is 1. The van der Waals surface area contributed by atoms with Crippen LogP contribution in [0, 0.1) is 4.77 Å². The van der Waals surface area contributed by atoms with Crippen molar-refractivity contribution in [1.29, 1.82) is 0 Å². The number of hydrogen-bond donors (Lipinski definition) is 1. The second kappa shape index (κ2) is 5.02. The van der Waals surface area contributed by atoms with Gasteiger partial charge in [-0.1, -0.05) is 19.3 Å². The zero-order valence-electron chi connectivity index (χ0n) is 10.2. The van der Waals surface area contributed by atoms with Crippen LogP contribution in [0.15, 0.2) is 24.5 Å². The normalized spacial score (nSPS) is 16.9. The van der Waals surface area contributed by atoms with Crippen molar-refractivity contribution >= 4 is 12.2 Å². The highest BCUT2D eigenvalue weighted by molar-refractivity contribution is 7.71. The molecular weight excluding hydrogens is 244 g/mol. The molecule has 0 spiro atoms. The van der Waals surface area contributed by atoms with E-state index in [0.717, 1.165) is 16.2 Å². The second-order valence-electron chi connectivity index (χ2n) is 4.75. The van der Waals surface area contributed by atoms with Crippen LogP contribution in [-0.2, 0) is 0 Å². The first-order valence-electron chi connectivity index (χ1n) is 6.43. The van der Waals surface area contributed by atoms with Crippen LogP contribution in [-0.4, -0.2) is 19.7 Å². The summed E-state index contributed by atoms with van der Waals surface area (Å²) in [6.45, 7) is 0. The highest BCUT2D eigenvalue weighted by Gasteiger charge is 2.20. The number of hydrogen-bond acceptors (Lipinski definition) is 3. The standard InChI is InChI=1S/C13H16N4S/c18-13-16-15-12(10-6-8-14-9-7-10)17(13)11-4-2-1-3-5-11/h6-9,11H,1-5H2,(H,16,18). The lowest BCUT2D eigenvalue weighted by molar-refractivity contribution is 0.352. The van der Waals surface area contributed by atoms with Crippen LogP contribution in [0.25, 0.3) is 11.4 Å². The Kier molecular flexibility index (Phi) is 3.23. The van der Waals surface area contributed by atoms with Gasteiger partial charge in [-0.25, -0.2) is 0 Å². The minimum atomic E-state index is 0.494. The molecule has 1 N–H and O–H groups in total. The molecule has 0 bridgehead atoms. The van der Waals surface area contributed by atoms with Crippen LogP contribution in [0.5, 0.6) is 0 Å². The van der Waals surface area contributed by atoms with Crippen LogP contribution in [0.4, 0.5) is 0 Å². The van der Waals surface area contributed by atoms with E-state index in [9.17, 15) is 0 Å². The van der Waals surface area contributed by atoms with Gasteiger partial charge in [-0.05, 0) is 37.2 Å². The number of aromatic nitrogens is 4. The smallest absolute Gasteiger partial charge is 0.195 e. The first-order valence-corrected chi connectivity index (χ1v) is 6.84. The van der Waals surface area contributed by atoms with E-state index in [4.69, 9.17) is 12.2 Å². The van der Waals surface area contributed by atoms with E-state index in [1.807, 2.05) is 12.1 Å². The molecule has 0 unspecified atom stereocenters. The van der Waals surface area contributed by atoms with Gasteiger partial charge in [0.25, 0.3) is 0 Å². The van der Waals surface area contributed by atoms with E-state index < -0.39 is 0 Å². The third-order valence-electron chi connectivity index (χ3n) is 3.58. The molecule has 4 nitrogen and oxygen atoms in total. The first kappa shape index (κ1) is 11.6. The van der Waals surface area contributed by atoms with Gasteiger partial charge < -0.3 is 0 Å². The van der Waals surface area contributed by atoms with Crippen LogP contribution < -0.4 is 0 Å². The van der Waals surface area contributed by atoms with Gasteiger partial charge in [-0.2, -0.15) is 5.10 Å². The molecule has 0 saturated heterocycles. The van der Waals surface area contributed by atoms with Crippen molar-refractivity contribution in [1.82, 2.24) is 19.7 Å². The summed E-state index contributed by atoms with van der Waals surface area (Å²) in [5.74, 6) is 0.939. The van der Waals surface area contributed by atoms with Gasteiger partial charge in [-0.3, -0.25) is 14.6 Å². The maximum atomic E-state index is 5.38. The van der Waals surface area contributed by atoms with Gasteiger partial charge in [0, 0.05) is 24.0 Å². The van der Waals surface area contributed by atoms with Gasteiger partial charge in [0.05, 0.1) is 0 Å². The molecule has 0 atom stereocenters. The lowest BCUT2D eigenvalue weighted by Crippen LogP contribution is -2.14. The predicted octanol–water partition coefficient (Wildman–Crippen LogP) is 3.51. The molecule has 5 heteroatoms. The second-order valence-corrected chi connectivity index (χ2v) is 5.14. The van der Waals surface area contributed by atoms with E-state index in [1.165, 1.54) is 32.1 Å². The minimum Gasteiger partial charge on any atom is -0.297 e. The lowest BCUT2D eigenvalue weighted by atomic mass is 9.95. The predicted molar refractivity (Wildman–Crippen MR) is 72.8 cm³/mol. The molecular formula is C13H16N4S. The zero-order chi connectivity index (χ0) is 12.4. The number of nitrogens with zero attached hydrogens (tertiary/aromatic N) is 3. The van der Waals surface area contributed by atoms with Crippen molar-refractivity contribution in [3.8, 4) is 11.4 Å². The van der Waals surface area contributed by atoms with Crippen LogP contribution >= 0.6 is 12.2 Å². The van der Waals surface area contributed by atoms with Gasteiger partial charge in [0.1, 0.15) is 0 Å². The number of aromatic amines is 1. The molecule has 1 saturated carbocycles. The van der Waals surface area contributed by atoms with Crippen molar-refractivity contribution in [3.05, 3.63) is 29.3 Å². The molecule has 18 heavy (non-hydrogen) atoms. The zero-order valence-corrected chi connectivity index (χ0v) is 11.0. The van der Waals surface area contributed by atoms with Crippen molar-refractivity contribution in [3.63, 3.8) is 0 Å². The van der Waals surface area contributed by atoms with E-state index in [0.29, 0.717) is 6.04 Å². The average molecular weight is 260 g/mol. The average Bonchev–Trinajstić information content (AvgIpc) is 2.83. The maximum Gasteiger partial charge on any atom is 0.195 e. The van der Waals surface area contributed by atoms with Gasteiger partial charge in [0.2, 0.25) is 0 Å². The van der Waals surface area contributed by atoms with Crippen LogP contribution in [0.1, 0.15) is 38.1 Å². The van der Waals surface area contributed by atoms with Gasteiger partial charge in [0.15, 0.2) is 10.6 Å². The Labute approximate surface area is 111 Å². The fraction of sp³-hybridized carbons (Fsp3) is 0.462. The van der Waals surface area contributed by atoms with E-state index in [-0.39, 0.29) is 0 Å². The summed E-state index contributed by atoms with van der Waals surface area (Å²) in [5, 5.41) is 7.31. The number of pyridine rings is 1. The molecule has 0 amide bonds. The van der Waals surface area contributed by atoms with Gasteiger partial charge >= 0.3 is 0 Å². The summed E-state index contributed by atoms with van der Waals surface area (Å²) in [5.41, 5.74) is 1.07. The Morgan fingerprint density at radius 2 is 1.89 bits per heavy atom. The molecule has 0 aromatic carbocycles. The van der Waals surface area contributed by atoms with E-state index in [2.05, 4.69) is 19.7 Å². The quantitative estimate of drug-likeness (QED) is 0.840. The molecule has 94 valence electrons. The highest BCUT2D eigenvalue weighted by atomic mass is 32.1. The summed E-state index contributed by atoms with van der Waals surface area (Å²) in [6.07, 6.45) is 9.89. The Morgan fingerprint density at radius 1 is 1.17 bits per heavy atom. The third kappa shape index (κ3) is 2.10. The Morgan fingerprint density at radius 3 is 2.61 bits per heavy atom. The largest absolute Gasteiger partial charge is 0.297 e. The molecule has 1 aliphatic rings. The topological polar surface area (TPSA) is 46.5 Å². The summed E-state index contributed by atoms with van der Waals surface area (Å²) in [4.78, 5) is 4.05. The lowest BCUT2D eigenvalue weighted by Gasteiger charge is -2.24. The summed E-state index contributed by atoms with van der Waals surface area (Å²) in [7, 11) is 0. The van der Waals surface area contributed by atoms with E-state index >= 15 is 0 Å². The SMILES string of the molecule is S=c1[nH]nc(-c2ccncc2)n1C1CCCCC1. The van der Waals surface area contributed by atoms with Crippen molar-refractivity contribution in [2.45, 2.75) is 38.1 Å². The van der Waals surface area contributed by atoms with Crippen LogP contribution in [0.2, 0.25) is 0 Å². The molecule has 0 aliphatic heterocycles. The number of H-pyrrole nitrogens is 1. The molecule has 2 aromatic heterocycles. The van der Waals surface area contributed by atoms with Crippen LogP contribution in [0.3, 0.4) is 0 Å². The van der Waals surface area contributed by atoms with Crippen molar-refractivity contribution in [2.75, 3.05) is 0 Å². The number of rotatable bonds is 2. The highest BCUT2D eigenvalue weighted by Crippen LogP contribution is 2.31. The van der Waals surface area contributed by atoms with Gasteiger partial charge in [-0.15, -0.1) is 0 Å². The van der Waals surface area contributed by atoms with Crippen molar-refractivity contribution in [2.24, 2.45) is 0 Å². The molecule has 0 radical (unpaired) electrons. The molecule has 2 aromatic rings. The molecule has 1 aliphatic carbocycles. The third-order valence-corrected chi connectivity index (χ3v) is 3.87. The Balaban J connectivity index is 2.03. The summed E-state index contributed by atoms with van der Waals surface area (Å²) < 4.78 is 2.91. The Hall–Kier alpha value is -1.49. The first-order chi connectivity index (χ1) is 8.86. The maximum absolute atomic E-state index is 5.38. The van der Waals surface area contributed by atoms with E-state index in [1.54, 1.807) is 12.4 Å².